The first-order chi connectivity index (χ1) is 16.5. The first-order valence-corrected chi connectivity index (χ1v) is 12.7. The third-order valence-electron chi connectivity index (χ3n) is 8.76. The lowest BCUT2D eigenvalue weighted by Crippen LogP contribution is -2.59. The van der Waals surface area contributed by atoms with Gasteiger partial charge in [0, 0.05) is 44.8 Å². The number of aldehydes is 1. The van der Waals surface area contributed by atoms with Gasteiger partial charge in [0.25, 0.3) is 0 Å². The molecule has 0 aromatic heterocycles. The zero-order valence-electron chi connectivity index (χ0n) is 20.0. The summed E-state index contributed by atoms with van der Waals surface area (Å²) in [6.45, 7) is 8.93. The summed E-state index contributed by atoms with van der Waals surface area (Å²) in [5.41, 5.74) is 4.12. The van der Waals surface area contributed by atoms with Crippen LogP contribution in [0.15, 0.2) is 36.4 Å². The Morgan fingerprint density at radius 2 is 1.88 bits per heavy atom. The van der Waals surface area contributed by atoms with Crippen LogP contribution in [0.1, 0.15) is 41.6 Å². The molecule has 3 fully saturated rings. The van der Waals surface area contributed by atoms with Crippen LogP contribution in [-0.4, -0.2) is 63.1 Å². The third kappa shape index (κ3) is 3.86. The van der Waals surface area contributed by atoms with E-state index in [4.69, 9.17) is 4.74 Å². The van der Waals surface area contributed by atoms with Crippen molar-refractivity contribution in [2.75, 3.05) is 55.7 Å². The molecule has 0 amide bonds. The summed E-state index contributed by atoms with van der Waals surface area (Å²) in [5.74, 6) is 1.53. The van der Waals surface area contributed by atoms with E-state index in [1.807, 2.05) is 25.1 Å². The Morgan fingerprint density at radius 1 is 1.09 bits per heavy atom. The summed E-state index contributed by atoms with van der Waals surface area (Å²) in [6, 6.07) is 11.6. The summed E-state index contributed by atoms with van der Waals surface area (Å²) >= 11 is 0. The molecule has 2 aromatic carbocycles. The highest BCUT2D eigenvalue weighted by Gasteiger charge is 2.46. The second kappa shape index (κ2) is 8.56. The van der Waals surface area contributed by atoms with Crippen LogP contribution in [0, 0.1) is 24.1 Å². The number of benzene rings is 2. The van der Waals surface area contributed by atoms with E-state index in [9.17, 15) is 9.18 Å². The first kappa shape index (κ1) is 21.9. The molecular formula is C28H34FN3O2. The van der Waals surface area contributed by atoms with Gasteiger partial charge in [0.2, 0.25) is 0 Å². The van der Waals surface area contributed by atoms with E-state index in [-0.39, 0.29) is 5.82 Å². The molecule has 4 aliphatic rings. The van der Waals surface area contributed by atoms with Gasteiger partial charge in [0.1, 0.15) is 24.5 Å². The molecule has 6 heteroatoms. The lowest BCUT2D eigenvalue weighted by atomic mass is 9.57. The molecule has 3 heterocycles. The molecular weight excluding hydrogens is 429 g/mol. The van der Waals surface area contributed by atoms with E-state index < -0.39 is 0 Å². The monoisotopic (exact) mass is 463 g/mol. The van der Waals surface area contributed by atoms with Crippen LogP contribution >= 0.6 is 0 Å². The summed E-state index contributed by atoms with van der Waals surface area (Å²) in [5, 5.41) is 0. The maximum absolute atomic E-state index is 14.2. The number of halogens is 1. The molecule has 1 saturated carbocycles. The SMILES string of the molecule is Cc1cc2c(cc1C=O)OCC1CN(CC3CC4(CCN(c5ccccc5F)CC4)C3)CCN21. The minimum atomic E-state index is -0.0993. The number of nitrogens with zero attached hydrogens (tertiary/aromatic N) is 3. The number of piperazine rings is 1. The van der Waals surface area contributed by atoms with Crippen LogP contribution < -0.4 is 14.5 Å². The Hall–Kier alpha value is -2.60. The van der Waals surface area contributed by atoms with Crippen molar-refractivity contribution in [2.45, 2.75) is 38.6 Å². The minimum Gasteiger partial charge on any atom is -0.489 e. The molecule has 0 radical (unpaired) electrons. The van der Waals surface area contributed by atoms with E-state index in [0.29, 0.717) is 18.1 Å². The Morgan fingerprint density at radius 3 is 2.65 bits per heavy atom. The topological polar surface area (TPSA) is 36.0 Å². The van der Waals surface area contributed by atoms with Crippen molar-refractivity contribution in [3.8, 4) is 5.75 Å². The molecule has 34 heavy (non-hydrogen) atoms. The highest BCUT2D eigenvalue weighted by molar-refractivity contribution is 5.81. The van der Waals surface area contributed by atoms with Crippen molar-refractivity contribution in [2.24, 2.45) is 11.3 Å². The van der Waals surface area contributed by atoms with E-state index in [1.165, 1.54) is 32.2 Å². The normalized spacial score (nSPS) is 24.2. The number of ether oxygens (including phenoxy) is 1. The van der Waals surface area contributed by atoms with Gasteiger partial charge in [-0.3, -0.25) is 9.69 Å². The van der Waals surface area contributed by atoms with Gasteiger partial charge in [-0.25, -0.2) is 4.39 Å². The van der Waals surface area contributed by atoms with E-state index in [2.05, 4.69) is 20.8 Å². The highest BCUT2D eigenvalue weighted by atomic mass is 19.1. The molecule has 2 saturated heterocycles. The Bertz CT molecular complexity index is 1070. The number of carbonyl (C=O) groups is 1. The number of hydrogen-bond donors (Lipinski definition) is 0. The zero-order valence-corrected chi connectivity index (χ0v) is 20.0. The largest absolute Gasteiger partial charge is 0.489 e. The predicted octanol–water partition coefficient (Wildman–Crippen LogP) is 4.53. The number of fused-ring (bicyclic) bond motifs is 3. The summed E-state index contributed by atoms with van der Waals surface area (Å²) in [4.78, 5) is 18.6. The second-order valence-electron chi connectivity index (χ2n) is 10.9. The van der Waals surface area contributed by atoms with Crippen LogP contribution in [0.2, 0.25) is 0 Å². The fraction of sp³-hybridized carbons (Fsp3) is 0.536. The second-order valence-corrected chi connectivity index (χ2v) is 10.9. The van der Waals surface area contributed by atoms with Crippen molar-refractivity contribution in [1.82, 2.24) is 4.90 Å². The fourth-order valence-electron chi connectivity index (χ4n) is 6.88. The molecule has 6 rings (SSSR count). The van der Waals surface area contributed by atoms with Gasteiger partial charge in [0.05, 0.1) is 17.4 Å². The van der Waals surface area contributed by atoms with Gasteiger partial charge >= 0.3 is 0 Å². The molecule has 1 atom stereocenters. The summed E-state index contributed by atoms with van der Waals surface area (Å²) in [7, 11) is 0. The van der Waals surface area contributed by atoms with Gasteiger partial charge in [-0.2, -0.15) is 0 Å². The van der Waals surface area contributed by atoms with Gasteiger partial charge in [-0.1, -0.05) is 12.1 Å². The quantitative estimate of drug-likeness (QED) is 0.623. The number of hydrogen-bond acceptors (Lipinski definition) is 5. The maximum Gasteiger partial charge on any atom is 0.150 e. The van der Waals surface area contributed by atoms with Gasteiger partial charge in [0.15, 0.2) is 0 Å². The zero-order chi connectivity index (χ0) is 23.3. The number of carbonyl (C=O) groups excluding carboxylic acids is 1. The van der Waals surface area contributed by atoms with Crippen LogP contribution in [0.25, 0.3) is 0 Å². The lowest BCUT2D eigenvalue weighted by Gasteiger charge is -2.54. The average molecular weight is 464 g/mol. The van der Waals surface area contributed by atoms with Gasteiger partial charge in [-0.05, 0) is 73.8 Å². The predicted molar refractivity (Wildman–Crippen MR) is 133 cm³/mol. The number of aryl methyl sites for hydroxylation is 1. The van der Waals surface area contributed by atoms with E-state index >= 15 is 0 Å². The molecule has 1 unspecified atom stereocenters. The maximum atomic E-state index is 14.2. The molecule has 0 bridgehead atoms. The van der Waals surface area contributed by atoms with Crippen molar-refractivity contribution < 1.29 is 13.9 Å². The lowest BCUT2D eigenvalue weighted by molar-refractivity contribution is 0.00294. The average Bonchev–Trinajstić information content (AvgIpc) is 2.83. The Labute approximate surface area is 201 Å². The van der Waals surface area contributed by atoms with Crippen molar-refractivity contribution >= 4 is 17.7 Å². The molecule has 1 spiro atoms. The minimum absolute atomic E-state index is 0.0993. The molecule has 1 aliphatic carbocycles. The Balaban J connectivity index is 1.01. The number of rotatable bonds is 4. The van der Waals surface area contributed by atoms with Gasteiger partial charge in [-0.15, -0.1) is 0 Å². The summed E-state index contributed by atoms with van der Waals surface area (Å²) < 4.78 is 20.2. The van der Waals surface area contributed by atoms with Crippen molar-refractivity contribution in [3.05, 3.63) is 53.3 Å². The number of piperidine rings is 1. The highest BCUT2D eigenvalue weighted by Crippen LogP contribution is 2.53. The molecule has 180 valence electrons. The number of anilines is 2. The van der Waals surface area contributed by atoms with Crippen LogP contribution in [-0.2, 0) is 0 Å². The third-order valence-corrected chi connectivity index (χ3v) is 8.76. The van der Waals surface area contributed by atoms with E-state index in [0.717, 1.165) is 73.2 Å². The Kier molecular flexibility index (Phi) is 5.51. The van der Waals surface area contributed by atoms with Crippen molar-refractivity contribution in [1.29, 1.82) is 0 Å². The van der Waals surface area contributed by atoms with Crippen molar-refractivity contribution in [3.63, 3.8) is 0 Å². The molecule has 3 aliphatic heterocycles. The van der Waals surface area contributed by atoms with Gasteiger partial charge < -0.3 is 14.5 Å². The van der Waals surface area contributed by atoms with Crippen LogP contribution in [0.4, 0.5) is 15.8 Å². The van der Waals surface area contributed by atoms with Crippen LogP contribution in [0.3, 0.4) is 0 Å². The van der Waals surface area contributed by atoms with E-state index in [1.54, 1.807) is 12.1 Å². The fourth-order valence-corrected chi connectivity index (χ4v) is 6.88. The molecule has 5 nitrogen and oxygen atoms in total. The molecule has 2 aromatic rings. The molecule has 0 N–H and O–H groups in total. The summed E-state index contributed by atoms with van der Waals surface area (Å²) in [6.07, 6.45) is 5.91. The first-order valence-electron chi connectivity index (χ1n) is 12.7. The van der Waals surface area contributed by atoms with Crippen LogP contribution in [0.5, 0.6) is 5.75 Å². The standard InChI is InChI=1S/C28H34FN3O2/c1-20-12-26-27(13-22(20)18-33)34-19-23-17-30(10-11-32(23)26)16-21-14-28(15-21)6-8-31(9-7-28)25-5-3-2-4-24(25)29/h2-5,12-13,18,21,23H,6-11,14-17,19H2,1H3. The smallest absolute Gasteiger partial charge is 0.150 e. The number of para-hydroxylation sites is 1.